The minimum absolute atomic E-state index is 0.0111. The van der Waals surface area contributed by atoms with E-state index in [1.54, 1.807) is 31.2 Å². The van der Waals surface area contributed by atoms with Crippen LogP contribution in [0.15, 0.2) is 12.4 Å². The molecule has 8 heteroatoms. The SMILES string of the molecule is CC(C)[C@@H]1CN(C(=O)CCn2cc(Cl)cn2)C[C@H]1NC(=O)N(C)C. The van der Waals surface area contributed by atoms with Gasteiger partial charge < -0.3 is 15.1 Å². The van der Waals surface area contributed by atoms with Gasteiger partial charge in [-0.1, -0.05) is 25.4 Å². The lowest BCUT2D eigenvalue weighted by Gasteiger charge is -2.24. The number of hydrogen-bond acceptors (Lipinski definition) is 3. The molecule has 2 rings (SSSR count). The Morgan fingerprint density at radius 2 is 2.12 bits per heavy atom. The van der Waals surface area contributed by atoms with Crippen LogP contribution in [0.25, 0.3) is 0 Å². The first-order valence-corrected chi connectivity index (χ1v) is 8.59. The molecule has 3 amide bonds. The van der Waals surface area contributed by atoms with Crippen molar-refractivity contribution in [3.63, 3.8) is 0 Å². The van der Waals surface area contributed by atoms with Crippen LogP contribution in [0.5, 0.6) is 0 Å². The number of rotatable bonds is 5. The Balaban J connectivity index is 1.93. The van der Waals surface area contributed by atoms with E-state index in [-0.39, 0.29) is 23.9 Å². The van der Waals surface area contributed by atoms with Crippen molar-refractivity contribution in [2.24, 2.45) is 11.8 Å². The molecule has 0 aromatic carbocycles. The molecular formula is C16H26ClN5O2. The van der Waals surface area contributed by atoms with Crippen molar-refractivity contribution in [3.8, 4) is 0 Å². The van der Waals surface area contributed by atoms with Gasteiger partial charge in [0.05, 0.1) is 17.3 Å². The Labute approximate surface area is 147 Å². The van der Waals surface area contributed by atoms with Crippen LogP contribution < -0.4 is 5.32 Å². The minimum atomic E-state index is -0.119. The van der Waals surface area contributed by atoms with Gasteiger partial charge in [-0.05, 0) is 5.92 Å². The predicted molar refractivity (Wildman–Crippen MR) is 92.8 cm³/mol. The van der Waals surface area contributed by atoms with Gasteiger partial charge in [-0.15, -0.1) is 0 Å². The lowest BCUT2D eigenvalue weighted by Crippen LogP contribution is -2.46. The van der Waals surface area contributed by atoms with Crippen molar-refractivity contribution in [2.45, 2.75) is 32.9 Å². The third kappa shape index (κ3) is 4.63. The molecule has 1 aromatic heterocycles. The van der Waals surface area contributed by atoms with E-state index in [9.17, 15) is 9.59 Å². The molecule has 24 heavy (non-hydrogen) atoms. The molecular weight excluding hydrogens is 330 g/mol. The molecule has 2 heterocycles. The first-order chi connectivity index (χ1) is 11.3. The fourth-order valence-electron chi connectivity index (χ4n) is 2.98. The third-order valence-corrected chi connectivity index (χ3v) is 4.64. The first kappa shape index (κ1) is 18.6. The van der Waals surface area contributed by atoms with Crippen LogP contribution in [-0.4, -0.2) is 64.7 Å². The van der Waals surface area contributed by atoms with Gasteiger partial charge in [-0.2, -0.15) is 5.10 Å². The summed E-state index contributed by atoms with van der Waals surface area (Å²) in [6, 6.07) is -0.130. The number of nitrogens with one attached hydrogen (secondary N) is 1. The molecule has 0 radical (unpaired) electrons. The fourth-order valence-corrected chi connectivity index (χ4v) is 3.13. The van der Waals surface area contributed by atoms with Gasteiger partial charge >= 0.3 is 6.03 Å². The largest absolute Gasteiger partial charge is 0.340 e. The Kier molecular flexibility index (Phi) is 6.10. The maximum absolute atomic E-state index is 12.5. The molecule has 0 bridgehead atoms. The molecule has 1 aromatic rings. The van der Waals surface area contributed by atoms with Crippen LogP contribution in [0.4, 0.5) is 4.79 Å². The number of aryl methyl sites for hydroxylation is 1. The second kappa shape index (κ2) is 7.88. The van der Waals surface area contributed by atoms with E-state index in [0.29, 0.717) is 37.0 Å². The van der Waals surface area contributed by atoms with Crippen molar-refractivity contribution < 1.29 is 9.59 Å². The maximum Gasteiger partial charge on any atom is 0.317 e. The molecule has 0 spiro atoms. The van der Waals surface area contributed by atoms with Crippen LogP contribution in [0.2, 0.25) is 5.02 Å². The summed E-state index contributed by atoms with van der Waals surface area (Å²) in [5.41, 5.74) is 0. The van der Waals surface area contributed by atoms with Gasteiger partial charge in [0.15, 0.2) is 0 Å². The average molecular weight is 356 g/mol. The molecule has 134 valence electrons. The normalized spacial score (nSPS) is 20.5. The van der Waals surface area contributed by atoms with Crippen LogP contribution in [0.1, 0.15) is 20.3 Å². The highest BCUT2D eigenvalue weighted by Crippen LogP contribution is 2.25. The van der Waals surface area contributed by atoms with E-state index in [4.69, 9.17) is 11.6 Å². The van der Waals surface area contributed by atoms with Gasteiger partial charge in [0, 0.05) is 52.3 Å². The predicted octanol–water partition coefficient (Wildman–Crippen LogP) is 1.68. The summed E-state index contributed by atoms with van der Waals surface area (Å²) >= 11 is 5.83. The number of carbonyl (C=O) groups excluding carboxylic acids is 2. The van der Waals surface area contributed by atoms with Crippen molar-refractivity contribution in [2.75, 3.05) is 27.2 Å². The summed E-state index contributed by atoms with van der Waals surface area (Å²) in [7, 11) is 3.43. The zero-order valence-electron chi connectivity index (χ0n) is 14.7. The quantitative estimate of drug-likeness (QED) is 0.873. The Bertz CT molecular complexity index is 587. The minimum Gasteiger partial charge on any atom is -0.340 e. The van der Waals surface area contributed by atoms with E-state index < -0.39 is 0 Å². The zero-order chi connectivity index (χ0) is 17.9. The fraction of sp³-hybridized carbons (Fsp3) is 0.688. The van der Waals surface area contributed by atoms with Crippen molar-refractivity contribution in [3.05, 3.63) is 17.4 Å². The van der Waals surface area contributed by atoms with Gasteiger partial charge in [0.25, 0.3) is 0 Å². The lowest BCUT2D eigenvalue weighted by atomic mass is 9.91. The molecule has 1 N–H and O–H groups in total. The molecule has 0 saturated carbocycles. The van der Waals surface area contributed by atoms with Crippen LogP contribution in [0.3, 0.4) is 0 Å². The Morgan fingerprint density at radius 1 is 1.42 bits per heavy atom. The smallest absolute Gasteiger partial charge is 0.317 e. The van der Waals surface area contributed by atoms with E-state index >= 15 is 0 Å². The maximum atomic E-state index is 12.5. The Morgan fingerprint density at radius 3 is 2.67 bits per heavy atom. The number of amides is 3. The highest BCUT2D eigenvalue weighted by Gasteiger charge is 2.37. The zero-order valence-corrected chi connectivity index (χ0v) is 15.5. The summed E-state index contributed by atoms with van der Waals surface area (Å²) in [5.74, 6) is 0.728. The molecule has 1 aliphatic heterocycles. The summed E-state index contributed by atoms with van der Waals surface area (Å²) in [5, 5.41) is 7.68. The number of aromatic nitrogens is 2. The summed E-state index contributed by atoms with van der Waals surface area (Å²) < 4.78 is 1.67. The van der Waals surface area contributed by atoms with Crippen molar-refractivity contribution in [1.82, 2.24) is 24.9 Å². The molecule has 1 aliphatic rings. The molecule has 1 fully saturated rings. The van der Waals surface area contributed by atoms with Gasteiger partial charge in [-0.25, -0.2) is 4.79 Å². The monoisotopic (exact) mass is 355 g/mol. The van der Waals surface area contributed by atoms with E-state index in [0.717, 1.165) is 0 Å². The first-order valence-electron chi connectivity index (χ1n) is 8.21. The number of halogens is 1. The van der Waals surface area contributed by atoms with Gasteiger partial charge in [0.2, 0.25) is 5.91 Å². The van der Waals surface area contributed by atoms with Crippen LogP contribution in [0, 0.1) is 11.8 Å². The summed E-state index contributed by atoms with van der Waals surface area (Å²) in [6.07, 6.45) is 3.64. The number of carbonyl (C=O) groups is 2. The average Bonchev–Trinajstić information content (AvgIpc) is 3.11. The van der Waals surface area contributed by atoms with E-state index in [1.807, 2.05) is 4.90 Å². The van der Waals surface area contributed by atoms with Crippen molar-refractivity contribution >= 4 is 23.5 Å². The number of likely N-dealkylation sites (tertiary alicyclic amines) is 1. The highest BCUT2D eigenvalue weighted by atomic mass is 35.5. The van der Waals surface area contributed by atoms with E-state index in [1.165, 1.54) is 4.90 Å². The summed E-state index contributed by atoms with van der Waals surface area (Å²) in [6.45, 7) is 5.98. The molecule has 0 unspecified atom stereocenters. The Hall–Kier alpha value is -1.76. The topological polar surface area (TPSA) is 70.5 Å². The van der Waals surface area contributed by atoms with Gasteiger partial charge in [0.1, 0.15) is 0 Å². The van der Waals surface area contributed by atoms with Gasteiger partial charge in [-0.3, -0.25) is 9.48 Å². The number of hydrogen-bond donors (Lipinski definition) is 1. The lowest BCUT2D eigenvalue weighted by molar-refractivity contribution is -0.130. The van der Waals surface area contributed by atoms with E-state index in [2.05, 4.69) is 24.3 Å². The second-order valence-corrected chi connectivity index (χ2v) is 7.27. The second-order valence-electron chi connectivity index (χ2n) is 6.83. The number of urea groups is 1. The standard InChI is InChI=1S/C16H26ClN5O2/c1-11(2)13-9-21(10-14(13)19-16(24)20(3)4)15(23)5-6-22-8-12(17)7-18-22/h7-8,11,13-14H,5-6,9-10H2,1-4H3,(H,19,24)/t13-,14+/m0/s1. The number of nitrogens with zero attached hydrogens (tertiary/aromatic N) is 4. The molecule has 7 nitrogen and oxygen atoms in total. The van der Waals surface area contributed by atoms with Crippen molar-refractivity contribution in [1.29, 1.82) is 0 Å². The molecule has 0 aliphatic carbocycles. The third-order valence-electron chi connectivity index (χ3n) is 4.45. The van der Waals surface area contributed by atoms with Crippen LogP contribution in [-0.2, 0) is 11.3 Å². The molecule has 2 atom stereocenters. The molecule has 1 saturated heterocycles. The summed E-state index contributed by atoms with van der Waals surface area (Å²) in [4.78, 5) is 27.8. The highest BCUT2D eigenvalue weighted by molar-refractivity contribution is 6.30. The van der Waals surface area contributed by atoms with Crippen LogP contribution >= 0.6 is 11.6 Å².